The van der Waals surface area contributed by atoms with Gasteiger partial charge in [0.05, 0.1) is 4.92 Å². The van der Waals surface area contributed by atoms with Crippen molar-refractivity contribution in [1.82, 2.24) is 0 Å². The Balaban J connectivity index is 1.59. The summed E-state index contributed by atoms with van der Waals surface area (Å²) in [5.41, 5.74) is 1.04. The maximum absolute atomic E-state index is 10.8. The van der Waals surface area contributed by atoms with E-state index in [1.54, 1.807) is 12.1 Å². The summed E-state index contributed by atoms with van der Waals surface area (Å²) in [6, 6.07) is 14.5. The number of ether oxygens (including phenoxy) is 2. The van der Waals surface area contributed by atoms with Crippen LogP contribution in [0.25, 0.3) is 0 Å². The summed E-state index contributed by atoms with van der Waals surface area (Å²) in [7, 11) is 0. The summed E-state index contributed by atoms with van der Waals surface area (Å²) >= 11 is 0. The van der Waals surface area contributed by atoms with Gasteiger partial charge in [0.25, 0.3) is 5.69 Å². The van der Waals surface area contributed by atoms with Crippen LogP contribution in [0.2, 0.25) is 0 Å². The molecular weight excluding hydrogens is 296 g/mol. The fourth-order valence-electron chi connectivity index (χ4n) is 2.57. The third kappa shape index (κ3) is 3.60. The number of quaternary nitrogens is 1. The smallest absolute Gasteiger partial charge is 0.269 e. The van der Waals surface area contributed by atoms with E-state index in [1.165, 1.54) is 6.07 Å². The second kappa shape index (κ2) is 6.66. The van der Waals surface area contributed by atoms with E-state index in [0.717, 1.165) is 17.1 Å². The number of nitro groups is 1. The molecular formula is C17H19N2O4+. The van der Waals surface area contributed by atoms with Gasteiger partial charge in [-0.2, -0.15) is 0 Å². The Morgan fingerprint density at radius 1 is 1.26 bits per heavy atom. The van der Waals surface area contributed by atoms with Crippen molar-refractivity contribution in [1.29, 1.82) is 0 Å². The molecule has 2 aromatic carbocycles. The van der Waals surface area contributed by atoms with Gasteiger partial charge in [-0.25, -0.2) is 0 Å². The molecule has 1 heterocycles. The van der Waals surface area contributed by atoms with Gasteiger partial charge in [0.2, 0.25) is 0 Å². The van der Waals surface area contributed by atoms with Gasteiger partial charge in [-0.05, 0) is 19.1 Å². The van der Waals surface area contributed by atoms with Gasteiger partial charge in [0, 0.05) is 17.7 Å². The maximum atomic E-state index is 10.8. The van der Waals surface area contributed by atoms with Gasteiger partial charge in [-0.3, -0.25) is 10.1 Å². The lowest BCUT2D eigenvalue weighted by atomic mass is 10.1. The number of hydrogen-bond donors (Lipinski definition) is 1. The largest absolute Gasteiger partial charge is 0.486 e. The minimum absolute atomic E-state index is 0.0522. The Bertz CT molecular complexity index is 704. The number of nitro benzene ring substituents is 1. The average Bonchev–Trinajstić information content (AvgIpc) is 2.59. The molecule has 23 heavy (non-hydrogen) atoms. The molecule has 0 spiro atoms. The fraction of sp³-hybridized carbons (Fsp3) is 0.294. The zero-order chi connectivity index (χ0) is 16.2. The first-order chi connectivity index (χ1) is 11.1. The van der Waals surface area contributed by atoms with Gasteiger partial charge < -0.3 is 14.8 Å². The molecule has 6 heteroatoms. The number of fused-ring (bicyclic) bond motifs is 1. The molecule has 6 nitrogen and oxygen atoms in total. The zero-order valence-corrected chi connectivity index (χ0v) is 12.8. The van der Waals surface area contributed by atoms with Crippen LogP contribution in [-0.4, -0.2) is 23.7 Å². The maximum Gasteiger partial charge on any atom is 0.269 e. The molecule has 0 unspecified atom stereocenters. The van der Waals surface area contributed by atoms with Crippen LogP contribution in [-0.2, 0) is 6.54 Å². The normalized spacial score (nSPS) is 17.5. The molecule has 0 bridgehead atoms. The van der Waals surface area contributed by atoms with Crippen molar-refractivity contribution >= 4 is 5.69 Å². The lowest BCUT2D eigenvalue weighted by molar-refractivity contribution is -0.707. The Morgan fingerprint density at radius 3 is 2.83 bits per heavy atom. The second-order valence-corrected chi connectivity index (χ2v) is 5.64. The van der Waals surface area contributed by atoms with E-state index in [4.69, 9.17) is 9.47 Å². The molecule has 0 radical (unpaired) electrons. The molecule has 1 aliphatic heterocycles. The zero-order valence-electron chi connectivity index (χ0n) is 12.8. The SMILES string of the molecule is C[C@@H]([NH2+]Cc1cccc([N+](=O)[O-])c1)[C@H]1COc2ccccc2O1. The van der Waals surface area contributed by atoms with Crippen LogP contribution in [0.15, 0.2) is 48.5 Å². The number of benzene rings is 2. The van der Waals surface area contributed by atoms with Gasteiger partial charge >= 0.3 is 0 Å². The highest BCUT2D eigenvalue weighted by Crippen LogP contribution is 2.31. The highest BCUT2D eigenvalue weighted by atomic mass is 16.6. The molecule has 1 aliphatic rings. The molecule has 3 rings (SSSR count). The average molecular weight is 315 g/mol. The molecule has 0 amide bonds. The molecule has 2 N–H and O–H groups in total. The highest BCUT2D eigenvalue weighted by molar-refractivity contribution is 5.40. The van der Waals surface area contributed by atoms with Crippen LogP contribution in [0.3, 0.4) is 0 Å². The minimum Gasteiger partial charge on any atom is -0.486 e. The third-order valence-corrected chi connectivity index (χ3v) is 3.96. The lowest BCUT2D eigenvalue weighted by Gasteiger charge is -2.29. The van der Waals surface area contributed by atoms with Crippen LogP contribution < -0.4 is 14.8 Å². The topological polar surface area (TPSA) is 78.2 Å². The minimum atomic E-state index is -0.373. The monoisotopic (exact) mass is 315 g/mol. The van der Waals surface area contributed by atoms with Crippen molar-refractivity contribution in [2.24, 2.45) is 0 Å². The number of non-ortho nitro benzene ring substituents is 1. The van der Waals surface area contributed by atoms with E-state index in [0.29, 0.717) is 13.2 Å². The lowest BCUT2D eigenvalue weighted by Crippen LogP contribution is -2.91. The standard InChI is InChI=1S/C17H18N2O4/c1-12(17-11-22-15-7-2-3-8-16(15)23-17)18-10-13-5-4-6-14(9-13)19(20)21/h2-9,12,17-18H,10-11H2,1H3/p+1/t12-,17-/m1/s1. The van der Waals surface area contributed by atoms with Crippen LogP contribution in [0, 0.1) is 10.1 Å². The van der Waals surface area contributed by atoms with E-state index in [1.807, 2.05) is 30.3 Å². The Kier molecular flexibility index (Phi) is 4.43. The number of rotatable bonds is 5. The first-order valence-corrected chi connectivity index (χ1v) is 7.58. The number of nitrogens with zero attached hydrogens (tertiary/aromatic N) is 1. The molecule has 0 saturated heterocycles. The van der Waals surface area contributed by atoms with Crippen molar-refractivity contribution in [3.63, 3.8) is 0 Å². The molecule has 120 valence electrons. The van der Waals surface area contributed by atoms with Crippen LogP contribution in [0.4, 0.5) is 5.69 Å². The Morgan fingerprint density at radius 2 is 2.04 bits per heavy atom. The predicted octanol–water partition coefficient (Wildman–Crippen LogP) is 1.89. The summed E-state index contributed by atoms with van der Waals surface area (Å²) in [4.78, 5) is 10.4. The molecule has 0 saturated carbocycles. The predicted molar refractivity (Wildman–Crippen MR) is 84.5 cm³/mol. The summed E-state index contributed by atoms with van der Waals surface area (Å²) in [6.45, 7) is 3.23. The van der Waals surface area contributed by atoms with Gasteiger partial charge in [0.1, 0.15) is 19.2 Å². The van der Waals surface area contributed by atoms with E-state index in [-0.39, 0.29) is 22.8 Å². The first-order valence-electron chi connectivity index (χ1n) is 7.58. The van der Waals surface area contributed by atoms with Crippen molar-refractivity contribution < 1.29 is 19.7 Å². The quantitative estimate of drug-likeness (QED) is 0.675. The van der Waals surface area contributed by atoms with Crippen molar-refractivity contribution in [3.05, 3.63) is 64.2 Å². The van der Waals surface area contributed by atoms with E-state index in [2.05, 4.69) is 12.2 Å². The summed E-state index contributed by atoms with van der Waals surface area (Å²) in [5, 5.41) is 12.9. The number of hydrogen-bond acceptors (Lipinski definition) is 4. The van der Waals surface area contributed by atoms with Gasteiger partial charge in [0.15, 0.2) is 17.6 Å². The Labute approximate surface area is 134 Å². The van der Waals surface area contributed by atoms with E-state index < -0.39 is 0 Å². The highest BCUT2D eigenvalue weighted by Gasteiger charge is 2.28. The molecule has 0 fully saturated rings. The van der Waals surface area contributed by atoms with E-state index >= 15 is 0 Å². The van der Waals surface area contributed by atoms with Crippen LogP contribution in [0.1, 0.15) is 12.5 Å². The van der Waals surface area contributed by atoms with Gasteiger partial charge in [-0.1, -0.05) is 24.3 Å². The number of nitrogens with two attached hydrogens (primary N) is 1. The molecule has 0 aliphatic carbocycles. The number of para-hydroxylation sites is 2. The van der Waals surface area contributed by atoms with Crippen LogP contribution >= 0.6 is 0 Å². The Hall–Kier alpha value is -2.60. The summed E-state index contributed by atoms with van der Waals surface area (Å²) < 4.78 is 11.7. The van der Waals surface area contributed by atoms with Crippen molar-refractivity contribution in [2.75, 3.05) is 6.61 Å². The second-order valence-electron chi connectivity index (χ2n) is 5.64. The van der Waals surface area contributed by atoms with Crippen molar-refractivity contribution in [2.45, 2.75) is 25.6 Å². The molecule has 2 atom stereocenters. The van der Waals surface area contributed by atoms with E-state index in [9.17, 15) is 10.1 Å². The van der Waals surface area contributed by atoms with Crippen molar-refractivity contribution in [3.8, 4) is 11.5 Å². The van der Waals surface area contributed by atoms with Crippen LogP contribution in [0.5, 0.6) is 11.5 Å². The fourth-order valence-corrected chi connectivity index (χ4v) is 2.57. The third-order valence-electron chi connectivity index (χ3n) is 3.96. The van der Waals surface area contributed by atoms with Gasteiger partial charge in [-0.15, -0.1) is 0 Å². The molecule has 0 aromatic heterocycles. The molecule has 2 aromatic rings. The summed E-state index contributed by atoms with van der Waals surface area (Å²) in [5.74, 6) is 1.54. The first kappa shape index (κ1) is 15.3. The summed E-state index contributed by atoms with van der Waals surface area (Å²) in [6.07, 6.45) is -0.0522.